The van der Waals surface area contributed by atoms with E-state index in [1.165, 1.54) is 7.11 Å². The lowest BCUT2D eigenvalue weighted by molar-refractivity contribution is -0.140. The fourth-order valence-corrected chi connectivity index (χ4v) is 6.45. The molecule has 162 valence electrons. The Balaban J connectivity index is 2.19. The molecule has 0 spiro atoms. The van der Waals surface area contributed by atoms with Crippen molar-refractivity contribution >= 4 is 52.9 Å². The Kier molecular flexibility index (Phi) is 7.68. The van der Waals surface area contributed by atoms with Crippen LogP contribution in [0.4, 0.5) is 0 Å². The zero-order valence-electron chi connectivity index (χ0n) is 18.8. The number of fused-ring (bicyclic) bond motifs is 1. The van der Waals surface area contributed by atoms with Crippen molar-refractivity contribution in [3.8, 4) is 0 Å². The quantitative estimate of drug-likeness (QED) is 0.243. The number of benzene rings is 1. The summed E-state index contributed by atoms with van der Waals surface area (Å²) >= 11 is 5.35. The lowest BCUT2D eigenvalue weighted by Gasteiger charge is -2.42. The summed E-state index contributed by atoms with van der Waals surface area (Å²) in [6.45, 7) is 16.3. The van der Waals surface area contributed by atoms with Crippen LogP contribution in [0.15, 0.2) is 27.7 Å². The van der Waals surface area contributed by atoms with Gasteiger partial charge in [-0.2, -0.15) is 5.10 Å². The first kappa shape index (κ1) is 24.4. The maximum Gasteiger partial charge on any atom is 0.306 e. The minimum absolute atomic E-state index is 0.160. The van der Waals surface area contributed by atoms with Crippen molar-refractivity contribution in [1.82, 2.24) is 9.78 Å². The molecule has 0 radical (unpaired) electrons. The molecule has 2 rings (SSSR count). The van der Waals surface area contributed by atoms with Crippen molar-refractivity contribution in [2.24, 2.45) is 0 Å². The summed E-state index contributed by atoms with van der Waals surface area (Å²) in [4.78, 5) is 12.4. The van der Waals surface area contributed by atoms with Crippen LogP contribution in [-0.2, 0) is 20.5 Å². The van der Waals surface area contributed by atoms with Crippen LogP contribution in [0.2, 0.25) is 18.1 Å². The molecule has 1 aromatic carbocycles. The van der Waals surface area contributed by atoms with Gasteiger partial charge in [0.1, 0.15) is 0 Å². The van der Waals surface area contributed by atoms with Crippen molar-refractivity contribution in [3.63, 3.8) is 0 Å². The molecule has 0 amide bonds. The number of rotatable bonds is 8. The van der Waals surface area contributed by atoms with Crippen molar-refractivity contribution in [1.29, 1.82) is 0 Å². The van der Waals surface area contributed by atoms with Gasteiger partial charge >= 0.3 is 5.97 Å². The summed E-state index contributed by atoms with van der Waals surface area (Å²) in [5, 5.41) is 5.87. The zero-order valence-corrected chi connectivity index (χ0v) is 22.2. The van der Waals surface area contributed by atoms with Crippen LogP contribution in [0, 0.1) is 0 Å². The maximum atomic E-state index is 11.3. The number of nitrogens with zero attached hydrogens (tertiary/aromatic N) is 2. The first-order chi connectivity index (χ1) is 13.3. The van der Waals surface area contributed by atoms with Gasteiger partial charge < -0.3 is 9.16 Å². The van der Waals surface area contributed by atoms with E-state index in [9.17, 15) is 4.79 Å². The lowest BCUT2D eigenvalue weighted by atomic mass is 10.1. The van der Waals surface area contributed by atoms with Gasteiger partial charge in [-0.05, 0) is 60.0 Å². The van der Waals surface area contributed by atoms with Crippen LogP contribution >= 0.6 is 27.7 Å². The highest BCUT2D eigenvalue weighted by Gasteiger charge is 2.41. The molecule has 8 heteroatoms. The van der Waals surface area contributed by atoms with Crippen LogP contribution in [-0.4, -0.2) is 42.5 Å². The monoisotopic (exact) mass is 500 g/mol. The van der Waals surface area contributed by atoms with Crippen LogP contribution < -0.4 is 0 Å². The van der Waals surface area contributed by atoms with Crippen molar-refractivity contribution in [2.75, 3.05) is 12.9 Å². The molecule has 0 unspecified atom stereocenters. The minimum atomic E-state index is -1.89. The summed E-state index contributed by atoms with van der Waals surface area (Å²) < 4.78 is 14.4. The zero-order chi connectivity index (χ0) is 22.0. The number of halogens is 1. The molecule has 0 bridgehead atoms. The molecule has 1 aromatic heterocycles. The summed E-state index contributed by atoms with van der Waals surface area (Å²) in [5.41, 5.74) is 0.740. The maximum absolute atomic E-state index is 11.3. The van der Waals surface area contributed by atoms with E-state index < -0.39 is 8.32 Å². The van der Waals surface area contributed by atoms with Crippen molar-refractivity contribution in [2.45, 2.75) is 76.2 Å². The molecule has 5 nitrogen and oxygen atoms in total. The summed E-state index contributed by atoms with van der Waals surface area (Å²) in [6.07, 6.45) is 2.29. The Bertz CT molecular complexity index is 875. The van der Waals surface area contributed by atoms with E-state index >= 15 is 0 Å². The van der Waals surface area contributed by atoms with E-state index in [1.54, 1.807) is 11.8 Å². The minimum Gasteiger partial charge on any atom is -0.469 e. The number of aromatic nitrogens is 2. The molecule has 0 atom stereocenters. The first-order valence-corrected chi connectivity index (χ1v) is 14.5. The highest BCUT2D eigenvalue weighted by atomic mass is 79.9. The van der Waals surface area contributed by atoms with E-state index in [1.807, 2.05) is 10.9 Å². The molecular weight excluding hydrogens is 468 g/mol. The normalized spacial score (nSPS) is 13.1. The van der Waals surface area contributed by atoms with Crippen molar-refractivity contribution in [3.05, 3.63) is 22.8 Å². The predicted octanol–water partition coefficient (Wildman–Crippen LogP) is 6.25. The summed E-state index contributed by atoms with van der Waals surface area (Å²) in [5.74, 6) is 0.501. The molecule has 1 heterocycles. The van der Waals surface area contributed by atoms with Gasteiger partial charge in [0.2, 0.25) is 0 Å². The number of hydrogen-bond donors (Lipinski definition) is 0. The van der Waals surface area contributed by atoms with Gasteiger partial charge in [0, 0.05) is 20.5 Å². The largest absolute Gasteiger partial charge is 0.469 e. The SMILES string of the molecule is COC(=O)CCSc1cc(Br)c2c(cnn2CC(C)(C)O[Si](C)(C)C(C)(C)C)c1. The molecule has 0 saturated heterocycles. The van der Waals surface area contributed by atoms with Gasteiger partial charge in [0.15, 0.2) is 8.32 Å². The Morgan fingerprint density at radius 2 is 1.90 bits per heavy atom. The van der Waals surface area contributed by atoms with Crippen LogP contribution in [0.5, 0.6) is 0 Å². The first-order valence-electron chi connectivity index (χ1n) is 9.81. The van der Waals surface area contributed by atoms with Gasteiger partial charge in [-0.3, -0.25) is 9.48 Å². The summed E-state index contributed by atoms with van der Waals surface area (Å²) in [7, 11) is -0.468. The van der Waals surface area contributed by atoms with E-state index in [0.717, 1.165) is 20.3 Å². The Labute approximate surface area is 188 Å². The second kappa shape index (κ2) is 9.12. The molecule has 0 aliphatic heterocycles. The fourth-order valence-electron chi connectivity index (χ4n) is 2.95. The standard InChI is InChI=1S/C21H33BrN2O3SSi/c1-20(2,3)29(7,8)27-21(4,5)14-24-19-15(13-23-24)11-16(12-17(19)22)28-10-9-18(25)26-6/h11-13H,9-10,14H2,1-8H3. The van der Waals surface area contributed by atoms with E-state index in [0.29, 0.717) is 18.7 Å². The van der Waals surface area contributed by atoms with Gasteiger partial charge in [-0.15, -0.1) is 11.8 Å². The molecule has 0 N–H and O–H groups in total. The molecule has 0 aliphatic rings. The van der Waals surface area contributed by atoms with Crippen molar-refractivity contribution < 1.29 is 14.0 Å². The Morgan fingerprint density at radius 1 is 1.24 bits per heavy atom. The third kappa shape index (κ3) is 6.32. The van der Waals surface area contributed by atoms with Gasteiger partial charge in [-0.25, -0.2) is 0 Å². The number of ether oxygens (including phenoxy) is 1. The number of thioether (sulfide) groups is 1. The second-order valence-corrected chi connectivity index (χ2v) is 16.2. The molecule has 2 aromatic rings. The molecule has 0 saturated carbocycles. The average Bonchev–Trinajstić information content (AvgIpc) is 2.95. The molecule has 0 aliphatic carbocycles. The van der Waals surface area contributed by atoms with E-state index in [4.69, 9.17) is 9.16 Å². The van der Waals surface area contributed by atoms with E-state index in [-0.39, 0.29) is 16.6 Å². The van der Waals surface area contributed by atoms with Crippen LogP contribution in [0.1, 0.15) is 41.0 Å². The third-order valence-corrected chi connectivity index (χ3v) is 11.6. The van der Waals surface area contributed by atoms with Gasteiger partial charge in [0.05, 0.1) is 37.4 Å². The molecule has 0 fully saturated rings. The number of carbonyl (C=O) groups excluding carboxylic acids is 1. The number of methoxy groups -OCH3 is 1. The van der Waals surface area contributed by atoms with E-state index in [2.05, 4.69) is 80.9 Å². The lowest BCUT2D eigenvalue weighted by Crippen LogP contribution is -2.49. The second-order valence-electron chi connectivity index (χ2n) is 9.44. The third-order valence-electron chi connectivity index (χ3n) is 5.33. The molecule has 29 heavy (non-hydrogen) atoms. The Hall–Kier alpha value is -0.833. The smallest absolute Gasteiger partial charge is 0.306 e. The highest BCUT2D eigenvalue weighted by Crippen LogP contribution is 2.40. The topological polar surface area (TPSA) is 53.3 Å². The number of esters is 1. The highest BCUT2D eigenvalue weighted by molar-refractivity contribution is 9.10. The van der Waals surface area contributed by atoms with Gasteiger partial charge in [-0.1, -0.05) is 20.8 Å². The van der Waals surface area contributed by atoms with Gasteiger partial charge in [0.25, 0.3) is 0 Å². The molecular formula is C21H33BrN2O3SSi. The Morgan fingerprint density at radius 3 is 2.48 bits per heavy atom. The number of carbonyl (C=O) groups is 1. The van der Waals surface area contributed by atoms with Crippen LogP contribution in [0.3, 0.4) is 0 Å². The fraction of sp³-hybridized carbons (Fsp3) is 0.619. The van der Waals surface area contributed by atoms with Crippen LogP contribution in [0.25, 0.3) is 10.9 Å². The summed E-state index contributed by atoms with van der Waals surface area (Å²) in [6, 6.07) is 4.21. The predicted molar refractivity (Wildman–Crippen MR) is 127 cm³/mol. The average molecular weight is 502 g/mol. The number of hydrogen-bond acceptors (Lipinski definition) is 5.